The SMILES string of the molecule is CN1CCC(CS(N)(=O)=O)C1.[C-]#[N+]c1cc(-c2cc(F)cc(C(C)C)c2NC(=O)NS(=O)(=O)CC2CCN(C)C2)ccn1.[C-]#[N+]c1cc(-c2cc(F)cc(C(C)C)c2OC#N)ccn1. The molecule has 4 heterocycles. The predicted octanol–water partition coefficient (Wildman–Crippen LogP) is 7.61. The Kier molecular flexibility index (Phi) is 17.8. The van der Waals surface area contributed by atoms with Crippen molar-refractivity contribution in [3.63, 3.8) is 0 Å². The first kappa shape index (κ1) is 50.6. The van der Waals surface area contributed by atoms with Crippen molar-refractivity contribution in [2.45, 2.75) is 52.4 Å². The van der Waals surface area contributed by atoms with Crippen molar-refractivity contribution in [2.24, 2.45) is 17.0 Å². The van der Waals surface area contributed by atoms with Gasteiger partial charge >= 0.3 is 6.03 Å². The van der Waals surface area contributed by atoms with Crippen LogP contribution in [0, 0.1) is 48.1 Å². The summed E-state index contributed by atoms with van der Waals surface area (Å²) in [4.78, 5) is 31.2. The molecule has 2 unspecified atom stereocenters. The average molecular weight is 919 g/mol. The van der Waals surface area contributed by atoms with Crippen LogP contribution in [0.1, 0.15) is 63.5 Å². The van der Waals surface area contributed by atoms with E-state index in [9.17, 15) is 30.4 Å². The quantitative estimate of drug-likeness (QED) is 0.0985. The summed E-state index contributed by atoms with van der Waals surface area (Å²) >= 11 is 0. The summed E-state index contributed by atoms with van der Waals surface area (Å²) in [5, 5.41) is 16.4. The first-order chi connectivity index (χ1) is 30.1. The molecule has 2 atom stereocenters. The summed E-state index contributed by atoms with van der Waals surface area (Å²) in [7, 11) is -3.19. The molecule has 0 aliphatic carbocycles. The molecule has 340 valence electrons. The van der Waals surface area contributed by atoms with E-state index in [2.05, 4.69) is 34.6 Å². The number of ether oxygens (including phenoxy) is 1. The van der Waals surface area contributed by atoms with Crippen LogP contribution in [0.3, 0.4) is 0 Å². The molecule has 2 aromatic heterocycles. The number of carbonyl (C=O) groups excluding carboxylic acids is 1. The van der Waals surface area contributed by atoms with Crippen LogP contribution in [0.15, 0.2) is 60.9 Å². The Bertz CT molecular complexity index is 2660. The summed E-state index contributed by atoms with van der Waals surface area (Å²) in [6, 6.07) is 10.6. The van der Waals surface area contributed by atoms with Crippen molar-refractivity contribution in [1.29, 1.82) is 5.26 Å². The number of nitrogens with one attached hydrogen (secondary N) is 2. The van der Waals surface area contributed by atoms with Gasteiger partial charge in [-0.1, -0.05) is 40.8 Å². The predicted molar refractivity (Wildman–Crippen MR) is 241 cm³/mol. The van der Waals surface area contributed by atoms with Crippen molar-refractivity contribution in [3.05, 3.63) is 107 Å². The average Bonchev–Trinajstić information content (AvgIpc) is 3.83. The summed E-state index contributed by atoms with van der Waals surface area (Å²) in [5.74, 6) is -0.254. The smallest absolute Gasteiger partial charge is 0.332 e. The van der Waals surface area contributed by atoms with Gasteiger partial charge in [0.1, 0.15) is 24.0 Å². The van der Waals surface area contributed by atoms with E-state index in [1.807, 2.05) is 46.7 Å². The number of amides is 2. The molecule has 0 radical (unpaired) electrons. The maximum absolute atomic E-state index is 14.4. The van der Waals surface area contributed by atoms with Gasteiger partial charge in [-0.2, -0.15) is 0 Å². The lowest BCUT2D eigenvalue weighted by Crippen LogP contribution is -2.38. The molecule has 0 saturated carbocycles. The van der Waals surface area contributed by atoms with Crippen LogP contribution < -0.4 is 19.9 Å². The number of anilines is 1. The van der Waals surface area contributed by atoms with Gasteiger partial charge in [-0.05, 0) is 129 Å². The second kappa shape index (κ2) is 22.5. The van der Waals surface area contributed by atoms with Crippen LogP contribution in [0.4, 0.5) is 30.9 Å². The number of hydrogen-bond donors (Lipinski definition) is 3. The van der Waals surface area contributed by atoms with E-state index in [-0.39, 0.29) is 52.5 Å². The van der Waals surface area contributed by atoms with Crippen LogP contribution in [0.5, 0.6) is 5.75 Å². The first-order valence-corrected chi connectivity index (χ1v) is 23.6. The number of pyridine rings is 2. The zero-order chi connectivity index (χ0) is 47.4. The minimum atomic E-state index is -3.85. The van der Waals surface area contributed by atoms with Crippen molar-refractivity contribution in [2.75, 3.05) is 57.1 Å². The minimum Gasteiger partial charge on any atom is -0.387 e. The van der Waals surface area contributed by atoms with Crippen LogP contribution in [-0.2, 0) is 20.0 Å². The number of carbonyl (C=O) groups is 1. The molecule has 64 heavy (non-hydrogen) atoms. The Morgan fingerprint density at radius 2 is 1.33 bits per heavy atom. The summed E-state index contributed by atoms with van der Waals surface area (Å²) in [6.07, 6.45) is 6.24. The van der Waals surface area contributed by atoms with E-state index < -0.39 is 37.7 Å². The number of rotatable bonds is 11. The van der Waals surface area contributed by atoms with Crippen molar-refractivity contribution < 1.29 is 35.1 Å². The molecule has 2 aliphatic rings. The number of halogens is 2. The van der Waals surface area contributed by atoms with Gasteiger partial charge < -0.3 is 29.5 Å². The van der Waals surface area contributed by atoms with Gasteiger partial charge in [0.15, 0.2) is 5.75 Å². The van der Waals surface area contributed by atoms with Gasteiger partial charge in [-0.3, -0.25) is 0 Å². The zero-order valence-electron chi connectivity index (χ0n) is 36.5. The van der Waals surface area contributed by atoms with Crippen LogP contribution in [-0.4, -0.2) is 94.4 Å². The summed E-state index contributed by atoms with van der Waals surface area (Å²) in [6.45, 7) is 24.9. The molecule has 0 bridgehead atoms. The van der Waals surface area contributed by atoms with E-state index >= 15 is 0 Å². The Labute approximate surface area is 374 Å². The molecule has 6 rings (SSSR count). The Morgan fingerprint density at radius 1 is 0.844 bits per heavy atom. The van der Waals surface area contributed by atoms with Crippen LogP contribution >= 0.6 is 0 Å². The molecule has 20 heteroatoms. The van der Waals surface area contributed by atoms with Crippen molar-refractivity contribution >= 4 is 43.4 Å². The lowest BCUT2D eigenvalue weighted by molar-refractivity contribution is 0.256. The molecular formula is C44H52F2N10O6S2. The molecule has 4 aromatic rings. The van der Waals surface area contributed by atoms with E-state index in [1.165, 1.54) is 48.8 Å². The lowest BCUT2D eigenvalue weighted by Gasteiger charge is -2.19. The highest BCUT2D eigenvalue weighted by molar-refractivity contribution is 7.90. The monoisotopic (exact) mass is 918 g/mol. The molecule has 2 fully saturated rings. The van der Waals surface area contributed by atoms with E-state index in [4.69, 9.17) is 28.3 Å². The van der Waals surface area contributed by atoms with Gasteiger partial charge in [0.05, 0.1) is 17.2 Å². The highest BCUT2D eigenvalue weighted by Crippen LogP contribution is 2.39. The highest BCUT2D eigenvalue weighted by Gasteiger charge is 2.28. The number of aromatic nitrogens is 2. The van der Waals surface area contributed by atoms with Crippen molar-refractivity contribution in [1.82, 2.24) is 24.5 Å². The fourth-order valence-corrected chi connectivity index (χ4v) is 9.69. The van der Waals surface area contributed by atoms with Gasteiger partial charge in [-0.25, -0.2) is 40.3 Å². The van der Waals surface area contributed by atoms with Gasteiger partial charge in [0.25, 0.3) is 17.9 Å². The minimum absolute atomic E-state index is 0.00929. The number of nitrogens with two attached hydrogens (primary N) is 1. The third-order valence-corrected chi connectivity index (χ3v) is 12.7. The standard InChI is InChI=1S/C22H26FN5O3S.C16H12FN3O.C6H14N2O2S/c1-14(2)18-10-17(23)11-19(16-5-7-25-20(9-16)24-3)21(18)26-22(29)27-32(30,31)13-15-6-8-28(4)12-15;1-10(2)13-7-12(17)8-14(16(13)21-9-18)11-4-5-20-15(6-11)19-3;1-8-3-2-6(4-8)5-11(7,9)10/h5,7,9-11,14-15H,6,8,12-13H2,1-2,4H3,(H2,26,27,29);4-8,10H,1-2H3;6H,2-5H2,1H3,(H2,7,9,10). The van der Waals surface area contributed by atoms with Gasteiger partial charge in [0.2, 0.25) is 20.0 Å². The summed E-state index contributed by atoms with van der Waals surface area (Å²) < 4.78 is 81.7. The Balaban J connectivity index is 0.000000239. The van der Waals surface area contributed by atoms with Gasteiger partial charge in [0, 0.05) is 29.8 Å². The zero-order valence-corrected chi connectivity index (χ0v) is 38.1. The van der Waals surface area contributed by atoms with Crippen LogP contribution in [0.25, 0.3) is 31.9 Å². The first-order valence-electron chi connectivity index (χ1n) is 20.2. The third-order valence-electron chi connectivity index (χ3n) is 10.3. The molecule has 2 aliphatic heterocycles. The van der Waals surface area contributed by atoms with Crippen molar-refractivity contribution in [3.8, 4) is 34.3 Å². The summed E-state index contributed by atoms with van der Waals surface area (Å²) in [5.41, 5.74) is 3.25. The number of benzene rings is 2. The molecular weight excluding hydrogens is 867 g/mol. The van der Waals surface area contributed by atoms with Gasteiger partial charge in [-0.15, -0.1) is 15.2 Å². The number of hydrogen-bond acceptors (Lipinski definition) is 11. The second-order valence-electron chi connectivity index (χ2n) is 16.3. The lowest BCUT2D eigenvalue weighted by atomic mass is 9.94. The largest absolute Gasteiger partial charge is 0.387 e. The number of sulfonamides is 2. The fraction of sp³-hybridized carbons (Fsp3) is 0.409. The van der Waals surface area contributed by atoms with E-state index in [0.717, 1.165) is 32.5 Å². The Morgan fingerprint density at radius 3 is 1.78 bits per heavy atom. The molecule has 2 aromatic carbocycles. The fourth-order valence-electron chi connectivity index (χ4n) is 7.45. The van der Waals surface area contributed by atoms with Crippen LogP contribution in [0.2, 0.25) is 0 Å². The molecule has 2 saturated heterocycles. The highest BCUT2D eigenvalue weighted by atomic mass is 32.2. The Hall–Kier alpha value is -6.08. The normalized spacial score (nSPS) is 16.4. The number of nitriles is 1. The topological polar surface area (TPSA) is 209 Å². The third kappa shape index (κ3) is 15.0. The van der Waals surface area contributed by atoms with E-state index in [0.29, 0.717) is 45.7 Å². The molecule has 16 nitrogen and oxygen atoms in total. The number of nitrogens with zero attached hydrogens (tertiary/aromatic N) is 7. The van der Waals surface area contributed by atoms with E-state index in [1.54, 1.807) is 18.4 Å². The number of urea groups is 1. The maximum atomic E-state index is 14.4. The number of primary sulfonamides is 1. The second-order valence-corrected chi connectivity index (χ2v) is 19.7. The molecule has 4 N–H and O–H groups in total. The maximum Gasteiger partial charge on any atom is 0.332 e. The molecule has 2 amide bonds. The number of likely N-dealkylation sites (tertiary alicyclic amines) is 2. The molecule has 0 spiro atoms.